The van der Waals surface area contributed by atoms with Gasteiger partial charge in [-0.1, -0.05) is 34.1 Å². The van der Waals surface area contributed by atoms with E-state index in [0.717, 1.165) is 4.31 Å². The zero-order chi connectivity index (χ0) is 19.1. The minimum Gasteiger partial charge on any atom is -0.390 e. The van der Waals surface area contributed by atoms with Crippen molar-refractivity contribution in [3.63, 3.8) is 0 Å². The molecule has 6 nitrogen and oxygen atoms in total. The third kappa shape index (κ3) is 3.84. The Hall–Kier alpha value is -0.940. The van der Waals surface area contributed by atoms with E-state index in [-0.39, 0.29) is 4.90 Å². The SMILES string of the molecule is O=S1(=O)C[C@@H](O)[C@H](N(c2ccccc2)S(=O)(=O)c2cc(Br)ccc2Br)C1. The Morgan fingerprint density at radius 2 is 1.69 bits per heavy atom. The number of hydrogen-bond donors (Lipinski definition) is 1. The molecule has 3 rings (SSSR count). The monoisotopic (exact) mass is 523 g/mol. The van der Waals surface area contributed by atoms with E-state index in [0.29, 0.717) is 14.6 Å². The average molecular weight is 525 g/mol. The van der Waals surface area contributed by atoms with Crippen molar-refractivity contribution in [1.82, 2.24) is 0 Å². The van der Waals surface area contributed by atoms with E-state index < -0.39 is 43.5 Å². The molecule has 1 fully saturated rings. The first-order chi connectivity index (χ1) is 12.1. The van der Waals surface area contributed by atoms with Gasteiger partial charge < -0.3 is 5.11 Å². The molecule has 1 saturated heterocycles. The summed E-state index contributed by atoms with van der Waals surface area (Å²) in [6, 6.07) is 11.8. The van der Waals surface area contributed by atoms with E-state index in [2.05, 4.69) is 31.9 Å². The van der Waals surface area contributed by atoms with Crippen LogP contribution in [0.1, 0.15) is 0 Å². The number of hydrogen-bond acceptors (Lipinski definition) is 5. The summed E-state index contributed by atoms with van der Waals surface area (Å²) in [5.74, 6) is -0.899. The quantitative estimate of drug-likeness (QED) is 0.663. The summed E-state index contributed by atoms with van der Waals surface area (Å²) in [7, 11) is -7.68. The largest absolute Gasteiger partial charge is 0.390 e. The fourth-order valence-electron chi connectivity index (χ4n) is 2.90. The number of aliphatic hydroxyl groups excluding tert-OH is 1. The third-order valence-corrected chi connectivity index (χ3v) is 9.07. The van der Waals surface area contributed by atoms with Crippen LogP contribution in [0.5, 0.6) is 0 Å². The molecular formula is C16H15Br2NO5S2. The molecule has 0 spiro atoms. The summed E-state index contributed by atoms with van der Waals surface area (Å²) in [5, 5.41) is 10.3. The summed E-state index contributed by atoms with van der Waals surface area (Å²) in [5.41, 5.74) is 0.292. The number of para-hydroxylation sites is 1. The van der Waals surface area contributed by atoms with Gasteiger partial charge in [-0.05, 0) is 46.3 Å². The first-order valence-corrected chi connectivity index (χ1v) is 12.4. The van der Waals surface area contributed by atoms with Gasteiger partial charge >= 0.3 is 0 Å². The van der Waals surface area contributed by atoms with Crippen molar-refractivity contribution in [3.05, 3.63) is 57.5 Å². The van der Waals surface area contributed by atoms with E-state index in [4.69, 9.17) is 0 Å². The molecule has 0 bridgehead atoms. The Kier molecular flexibility index (Phi) is 5.51. The van der Waals surface area contributed by atoms with Crippen LogP contribution in [0.4, 0.5) is 5.69 Å². The number of nitrogens with zero attached hydrogens (tertiary/aromatic N) is 1. The molecule has 1 aliphatic heterocycles. The van der Waals surface area contributed by atoms with Crippen molar-refractivity contribution < 1.29 is 21.9 Å². The second-order valence-electron chi connectivity index (χ2n) is 5.92. The van der Waals surface area contributed by atoms with Crippen LogP contribution in [-0.4, -0.2) is 45.6 Å². The van der Waals surface area contributed by atoms with E-state index >= 15 is 0 Å². The number of aliphatic hydroxyl groups is 1. The smallest absolute Gasteiger partial charge is 0.265 e. The number of anilines is 1. The molecule has 2 aromatic carbocycles. The van der Waals surface area contributed by atoms with Crippen LogP contribution in [0.15, 0.2) is 62.4 Å². The Morgan fingerprint density at radius 3 is 2.27 bits per heavy atom. The highest BCUT2D eigenvalue weighted by atomic mass is 79.9. The number of sulfone groups is 1. The van der Waals surface area contributed by atoms with Gasteiger partial charge in [0.2, 0.25) is 0 Å². The van der Waals surface area contributed by atoms with Gasteiger partial charge in [0.25, 0.3) is 10.0 Å². The van der Waals surface area contributed by atoms with Crippen molar-refractivity contribution in [2.24, 2.45) is 0 Å². The Morgan fingerprint density at radius 1 is 1.04 bits per heavy atom. The molecule has 1 aliphatic rings. The first kappa shape index (κ1) is 19.8. The van der Waals surface area contributed by atoms with Gasteiger partial charge in [-0.15, -0.1) is 0 Å². The van der Waals surface area contributed by atoms with Gasteiger partial charge in [0.15, 0.2) is 9.84 Å². The maximum absolute atomic E-state index is 13.4. The number of benzene rings is 2. The molecule has 26 heavy (non-hydrogen) atoms. The molecule has 0 amide bonds. The normalized spacial score (nSPS) is 22.3. The van der Waals surface area contributed by atoms with Crippen LogP contribution in [0.25, 0.3) is 0 Å². The fourth-order valence-corrected chi connectivity index (χ4v) is 7.91. The highest BCUT2D eigenvalue weighted by Gasteiger charge is 2.45. The lowest BCUT2D eigenvalue weighted by Gasteiger charge is -2.31. The van der Waals surface area contributed by atoms with Crippen LogP contribution < -0.4 is 4.31 Å². The first-order valence-electron chi connectivity index (χ1n) is 7.55. The predicted octanol–water partition coefficient (Wildman–Crippen LogP) is 2.56. The highest BCUT2D eigenvalue weighted by Crippen LogP contribution is 2.34. The maximum atomic E-state index is 13.4. The minimum atomic E-state index is -4.14. The fraction of sp³-hybridized carbons (Fsp3) is 0.250. The zero-order valence-electron chi connectivity index (χ0n) is 13.3. The lowest BCUT2D eigenvalue weighted by atomic mass is 10.2. The van der Waals surface area contributed by atoms with Gasteiger partial charge in [0, 0.05) is 8.95 Å². The molecule has 2 atom stereocenters. The van der Waals surface area contributed by atoms with E-state index in [1.54, 1.807) is 42.5 Å². The molecule has 140 valence electrons. The lowest BCUT2D eigenvalue weighted by molar-refractivity contribution is 0.184. The van der Waals surface area contributed by atoms with Crippen molar-refractivity contribution in [2.75, 3.05) is 15.8 Å². The molecule has 1 N–H and O–H groups in total. The highest BCUT2D eigenvalue weighted by molar-refractivity contribution is 9.11. The Balaban J connectivity index is 2.20. The third-order valence-electron chi connectivity index (χ3n) is 4.04. The van der Waals surface area contributed by atoms with Crippen molar-refractivity contribution in [1.29, 1.82) is 0 Å². The van der Waals surface area contributed by atoms with Crippen LogP contribution in [0.3, 0.4) is 0 Å². The molecule has 2 aromatic rings. The summed E-state index contributed by atoms with van der Waals surface area (Å²) in [4.78, 5) is -0.0211. The number of halogens is 2. The molecule has 0 aliphatic carbocycles. The molecule has 10 heteroatoms. The second kappa shape index (κ2) is 7.23. The van der Waals surface area contributed by atoms with Crippen LogP contribution in [0, 0.1) is 0 Å². The summed E-state index contributed by atoms with van der Waals surface area (Å²) in [6.07, 6.45) is -1.30. The van der Waals surface area contributed by atoms with Crippen LogP contribution in [0.2, 0.25) is 0 Å². The summed E-state index contributed by atoms with van der Waals surface area (Å²) < 4.78 is 52.7. The van der Waals surface area contributed by atoms with E-state index in [1.165, 1.54) is 6.07 Å². The van der Waals surface area contributed by atoms with Crippen molar-refractivity contribution in [3.8, 4) is 0 Å². The predicted molar refractivity (Wildman–Crippen MR) is 106 cm³/mol. The topological polar surface area (TPSA) is 91.8 Å². The number of rotatable bonds is 4. The average Bonchev–Trinajstić information content (AvgIpc) is 2.83. The van der Waals surface area contributed by atoms with Gasteiger partial charge in [0.1, 0.15) is 4.90 Å². The van der Waals surface area contributed by atoms with Crippen molar-refractivity contribution >= 4 is 57.4 Å². The summed E-state index contributed by atoms with van der Waals surface area (Å²) in [6.45, 7) is 0. The van der Waals surface area contributed by atoms with Gasteiger partial charge in [-0.2, -0.15) is 0 Å². The molecule has 0 unspecified atom stereocenters. The van der Waals surface area contributed by atoms with Gasteiger partial charge in [-0.3, -0.25) is 4.31 Å². The van der Waals surface area contributed by atoms with Gasteiger partial charge in [-0.25, -0.2) is 16.8 Å². The van der Waals surface area contributed by atoms with Crippen LogP contribution >= 0.6 is 31.9 Å². The minimum absolute atomic E-state index is 0.0211. The Labute approximate surface area is 169 Å². The second-order valence-corrected chi connectivity index (χ2v) is 11.6. The lowest BCUT2D eigenvalue weighted by Crippen LogP contribution is -2.47. The molecule has 0 aromatic heterocycles. The Bertz CT molecular complexity index is 1030. The molecule has 1 heterocycles. The van der Waals surface area contributed by atoms with Crippen molar-refractivity contribution in [2.45, 2.75) is 17.0 Å². The van der Waals surface area contributed by atoms with E-state index in [9.17, 15) is 21.9 Å². The zero-order valence-corrected chi connectivity index (χ0v) is 18.1. The number of sulfonamides is 1. The molecule has 0 radical (unpaired) electrons. The standard InChI is InChI=1S/C16H15Br2NO5S2/c17-11-6-7-13(18)16(8-11)26(23,24)19(12-4-2-1-3-5-12)14-9-25(21,22)10-15(14)20/h1-8,14-15,20H,9-10H2/t14-,15-/m1/s1. The molecular weight excluding hydrogens is 510 g/mol. The molecule has 0 saturated carbocycles. The van der Waals surface area contributed by atoms with Gasteiger partial charge in [0.05, 0.1) is 29.3 Å². The van der Waals surface area contributed by atoms with E-state index in [1.807, 2.05) is 0 Å². The summed E-state index contributed by atoms with van der Waals surface area (Å²) >= 11 is 6.50. The van der Waals surface area contributed by atoms with Crippen LogP contribution in [-0.2, 0) is 19.9 Å². The maximum Gasteiger partial charge on any atom is 0.265 e.